The number of phenols is 1. The fourth-order valence-electron chi connectivity index (χ4n) is 1.34. The van der Waals surface area contributed by atoms with E-state index < -0.39 is 0 Å². The van der Waals surface area contributed by atoms with E-state index in [1.54, 1.807) is 6.07 Å². The molecule has 4 heteroatoms. The molecule has 0 saturated heterocycles. The second-order valence-electron chi connectivity index (χ2n) is 3.22. The number of benzene rings is 1. The molecule has 0 bridgehead atoms. The summed E-state index contributed by atoms with van der Waals surface area (Å²) in [7, 11) is 0. The topological polar surface area (TPSA) is 46.2 Å². The van der Waals surface area contributed by atoms with Crippen molar-refractivity contribution in [3.8, 4) is 5.75 Å². The molecule has 78 valence electrons. The van der Waals surface area contributed by atoms with Gasteiger partial charge in [-0.15, -0.1) is 0 Å². The Morgan fingerprint density at radius 3 is 2.79 bits per heavy atom. The molecule has 0 aliphatic rings. The van der Waals surface area contributed by atoms with E-state index in [9.17, 15) is 5.11 Å². The zero-order valence-electron chi connectivity index (χ0n) is 7.93. The molecular weight excluding hydrogens is 265 g/mol. The highest BCUT2D eigenvalue weighted by Crippen LogP contribution is 2.35. The fourth-order valence-corrected chi connectivity index (χ4v) is 2.17. The maximum Gasteiger partial charge on any atom is 0.139 e. The minimum Gasteiger partial charge on any atom is -0.506 e. The predicted octanol–water partition coefficient (Wildman–Crippen LogP) is 3.61. The minimum atomic E-state index is -0.157. The van der Waals surface area contributed by atoms with Crippen LogP contribution < -0.4 is 5.73 Å². The average Bonchev–Trinajstić information content (AvgIpc) is 2.11. The number of nitrogens with two attached hydrogens (primary N) is 1. The first-order valence-electron chi connectivity index (χ1n) is 4.49. The molecule has 1 unspecified atom stereocenters. The first-order valence-corrected chi connectivity index (χ1v) is 5.66. The lowest BCUT2D eigenvalue weighted by atomic mass is 10.0. The standard InChI is InChI=1S/C10H13BrClNO/c1-2-3-9(13)7-4-6(11)5-8(12)10(7)14/h4-5,9,14H,2-3,13H2,1H3. The summed E-state index contributed by atoms with van der Waals surface area (Å²) in [6.45, 7) is 2.05. The van der Waals surface area contributed by atoms with Crippen molar-refractivity contribution in [2.75, 3.05) is 0 Å². The van der Waals surface area contributed by atoms with Crippen molar-refractivity contribution < 1.29 is 5.11 Å². The Bertz CT molecular complexity index is 330. The van der Waals surface area contributed by atoms with Gasteiger partial charge in [0.15, 0.2) is 0 Å². The summed E-state index contributed by atoms with van der Waals surface area (Å²) in [4.78, 5) is 0. The van der Waals surface area contributed by atoms with Gasteiger partial charge in [0.05, 0.1) is 5.02 Å². The van der Waals surface area contributed by atoms with E-state index in [-0.39, 0.29) is 11.8 Å². The lowest BCUT2D eigenvalue weighted by Crippen LogP contribution is -2.10. The molecule has 14 heavy (non-hydrogen) atoms. The van der Waals surface area contributed by atoms with Crippen molar-refractivity contribution in [2.45, 2.75) is 25.8 Å². The molecule has 1 aromatic rings. The molecule has 0 fully saturated rings. The van der Waals surface area contributed by atoms with E-state index in [1.165, 1.54) is 0 Å². The Hall–Kier alpha value is -0.250. The number of phenolic OH excluding ortho intramolecular Hbond substituents is 1. The average molecular weight is 279 g/mol. The van der Waals surface area contributed by atoms with Gasteiger partial charge in [-0.3, -0.25) is 0 Å². The van der Waals surface area contributed by atoms with Crippen LogP contribution in [0.3, 0.4) is 0 Å². The van der Waals surface area contributed by atoms with Gasteiger partial charge in [0.1, 0.15) is 5.75 Å². The van der Waals surface area contributed by atoms with E-state index in [0.717, 1.165) is 17.3 Å². The van der Waals surface area contributed by atoms with E-state index >= 15 is 0 Å². The summed E-state index contributed by atoms with van der Waals surface area (Å²) < 4.78 is 0.835. The fraction of sp³-hybridized carbons (Fsp3) is 0.400. The molecule has 0 radical (unpaired) electrons. The van der Waals surface area contributed by atoms with Crippen LogP contribution in [0, 0.1) is 0 Å². The summed E-state index contributed by atoms with van der Waals surface area (Å²) >= 11 is 9.14. The van der Waals surface area contributed by atoms with Gasteiger partial charge >= 0.3 is 0 Å². The summed E-state index contributed by atoms with van der Waals surface area (Å²) in [5.74, 6) is 0.0933. The highest BCUT2D eigenvalue weighted by Gasteiger charge is 2.13. The molecule has 0 spiro atoms. The van der Waals surface area contributed by atoms with Gasteiger partial charge in [0.25, 0.3) is 0 Å². The largest absolute Gasteiger partial charge is 0.506 e. The van der Waals surface area contributed by atoms with Gasteiger partial charge in [-0.1, -0.05) is 40.9 Å². The highest BCUT2D eigenvalue weighted by atomic mass is 79.9. The van der Waals surface area contributed by atoms with Crippen molar-refractivity contribution in [2.24, 2.45) is 5.73 Å². The van der Waals surface area contributed by atoms with E-state index in [0.29, 0.717) is 10.6 Å². The van der Waals surface area contributed by atoms with Crippen molar-refractivity contribution >= 4 is 27.5 Å². The first-order chi connectivity index (χ1) is 6.56. The van der Waals surface area contributed by atoms with Crippen molar-refractivity contribution in [3.63, 3.8) is 0 Å². The molecule has 3 N–H and O–H groups in total. The molecule has 1 atom stereocenters. The van der Waals surface area contributed by atoms with Crippen LogP contribution in [0.1, 0.15) is 31.4 Å². The van der Waals surface area contributed by atoms with Crippen LogP contribution in [0.5, 0.6) is 5.75 Å². The summed E-state index contributed by atoms with van der Waals surface area (Å²) in [6.07, 6.45) is 1.81. The maximum atomic E-state index is 9.69. The number of halogens is 2. The van der Waals surface area contributed by atoms with Crippen molar-refractivity contribution in [3.05, 3.63) is 27.2 Å². The van der Waals surface area contributed by atoms with Gasteiger partial charge < -0.3 is 10.8 Å². The Balaban J connectivity index is 3.07. The van der Waals surface area contributed by atoms with Crippen LogP contribution in [-0.2, 0) is 0 Å². The van der Waals surface area contributed by atoms with E-state index in [2.05, 4.69) is 22.9 Å². The van der Waals surface area contributed by atoms with Crippen LogP contribution in [-0.4, -0.2) is 5.11 Å². The van der Waals surface area contributed by atoms with Crippen LogP contribution >= 0.6 is 27.5 Å². The van der Waals surface area contributed by atoms with E-state index in [4.69, 9.17) is 17.3 Å². The molecule has 0 aliphatic carbocycles. The Morgan fingerprint density at radius 1 is 1.57 bits per heavy atom. The van der Waals surface area contributed by atoms with Gasteiger partial charge in [-0.05, 0) is 18.6 Å². The number of rotatable bonds is 3. The highest BCUT2D eigenvalue weighted by molar-refractivity contribution is 9.10. The predicted molar refractivity (Wildman–Crippen MR) is 62.7 cm³/mol. The number of aromatic hydroxyl groups is 1. The smallest absolute Gasteiger partial charge is 0.139 e. The SMILES string of the molecule is CCCC(N)c1cc(Br)cc(Cl)c1O. The van der Waals surface area contributed by atoms with Crippen LogP contribution in [0.2, 0.25) is 5.02 Å². The molecule has 1 rings (SSSR count). The van der Waals surface area contributed by atoms with Crippen LogP contribution in [0.4, 0.5) is 0 Å². The second kappa shape index (κ2) is 5.01. The third-order valence-corrected chi connectivity index (χ3v) is 2.80. The Labute approximate surface area is 97.2 Å². The maximum absolute atomic E-state index is 9.69. The normalized spacial score (nSPS) is 12.9. The lowest BCUT2D eigenvalue weighted by Gasteiger charge is -2.13. The van der Waals surface area contributed by atoms with Crippen LogP contribution in [0.25, 0.3) is 0 Å². The van der Waals surface area contributed by atoms with Crippen molar-refractivity contribution in [1.29, 1.82) is 0 Å². The summed E-state index contributed by atoms with van der Waals surface area (Å²) in [6, 6.07) is 3.30. The molecule has 2 nitrogen and oxygen atoms in total. The first kappa shape index (κ1) is 11.8. The number of hydrogen-bond acceptors (Lipinski definition) is 2. The van der Waals surface area contributed by atoms with Crippen molar-refractivity contribution in [1.82, 2.24) is 0 Å². The van der Waals surface area contributed by atoms with E-state index in [1.807, 2.05) is 6.07 Å². The third-order valence-electron chi connectivity index (χ3n) is 2.06. The molecular formula is C10H13BrClNO. The molecule has 0 saturated carbocycles. The second-order valence-corrected chi connectivity index (χ2v) is 4.54. The van der Waals surface area contributed by atoms with Gasteiger partial charge in [0, 0.05) is 16.1 Å². The molecule has 0 aliphatic heterocycles. The van der Waals surface area contributed by atoms with Gasteiger partial charge in [-0.25, -0.2) is 0 Å². The third kappa shape index (κ3) is 2.62. The molecule has 0 amide bonds. The lowest BCUT2D eigenvalue weighted by molar-refractivity contribution is 0.458. The monoisotopic (exact) mass is 277 g/mol. The zero-order chi connectivity index (χ0) is 10.7. The molecule has 0 heterocycles. The summed E-state index contributed by atoms with van der Waals surface area (Å²) in [5, 5.41) is 10.0. The zero-order valence-corrected chi connectivity index (χ0v) is 10.3. The van der Waals surface area contributed by atoms with Crippen LogP contribution in [0.15, 0.2) is 16.6 Å². The number of hydrogen-bond donors (Lipinski definition) is 2. The molecule has 1 aromatic carbocycles. The van der Waals surface area contributed by atoms with Gasteiger partial charge in [0.2, 0.25) is 0 Å². The molecule has 0 aromatic heterocycles. The Morgan fingerprint density at radius 2 is 2.21 bits per heavy atom. The summed E-state index contributed by atoms with van der Waals surface area (Å²) in [5.41, 5.74) is 6.60. The minimum absolute atomic E-state index is 0.0933. The Kier molecular flexibility index (Phi) is 4.23. The van der Waals surface area contributed by atoms with Gasteiger partial charge in [-0.2, -0.15) is 0 Å². The quantitative estimate of drug-likeness (QED) is 0.887.